The first-order chi connectivity index (χ1) is 7.49. The maximum atomic E-state index is 11.9. The van der Waals surface area contributed by atoms with Crippen LogP contribution in [0.3, 0.4) is 0 Å². The Labute approximate surface area is 93.8 Å². The Balaban J connectivity index is 2.26. The zero-order valence-electron chi connectivity index (χ0n) is 9.30. The summed E-state index contributed by atoms with van der Waals surface area (Å²) < 4.78 is 40.9. The molecule has 0 bridgehead atoms. The molecule has 2 nitrogen and oxygen atoms in total. The molecule has 0 aromatic heterocycles. The number of aliphatic hydroxyl groups excluding tert-OH is 1. The third-order valence-electron chi connectivity index (χ3n) is 2.89. The summed E-state index contributed by atoms with van der Waals surface area (Å²) in [6.07, 6.45) is -0.804. The molecule has 2 atom stereocenters. The Hall–Kier alpha value is -0.290. The summed E-state index contributed by atoms with van der Waals surface area (Å²) >= 11 is 0. The molecule has 1 saturated carbocycles. The van der Waals surface area contributed by atoms with Gasteiger partial charge in [-0.05, 0) is 12.8 Å². The lowest BCUT2D eigenvalue weighted by atomic mass is 9.96. The van der Waals surface area contributed by atoms with Gasteiger partial charge >= 0.3 is 6.18 Å². The van der Waals surface area contributed by atoms with Gasteiger partial charge in [0.2, 0.25) is 0 Å². The topological polar surface area (TPSA) is 29.5 Å². The smallest absolute Gasteiger partial charge is 0.390 e. The van der Waals surface area contributed by atoms with Gasteiger partial charge in [-0.1, -0.05) is 25.7 Å². The lowest BCUT2D eigenvalue weighted by Crippen LogP contribution is -2.31. The van der Waals surface area contributed by atoms with Crippen LogP contribution in [-0.4, -0.2) is 30.1 Å². The van der Waals surface area contributed by atoms with E-state index in [1.54, 1.807) is 0 Å². The summed E-state index contributed by atoms with van der Waals surface area (Å²) in [5.41, 5.74) is 0. The van der Waals surface area contributed by atoms with Crippen molar-refractivity contribution >= 4 is 0 Å². The molecule has 0 radical (unpaired) electrons. The third kappa shape index (κ3) is 5.70. The third-order valence-corrected chi connectivity index (χ3v) is 2.89. The highest BCUT2D eigenvalue weighted by Gasteiger charge is 2.28. The van der Waals surface area contributed by atoms with Crippen LogP contribution < -0.4 is 0 Å². The Morgan fingerprint density at radius 3 is 2.31 bits per heavy atom. The van der Waals surface area contributed by atoms with Gasteiger partial charge in [0.05, 0.1) is 25.2 Å². The quantitative estimate of drug-likeness (QED) is 0.821. The van der Waals surface area contributed by atoms with Crippen molar-refractivity contribution in [3.63, 3.8) is 0 Å². The minimum Gasteiger partial charge on any atom is -0.390 e. The van der Waals surface area contributed by atoms with Gasteiger partial charge in [0.25, 0.3) is 0 Å². The number of hydrogen-bond donors (Lipinski definition) is 1. The average Bonchev–Trinajstić information content (AvgIpc) is 2.15. The minimum absolute atomic E-state index is 0.342. The molecule has 1 N–H and O–H groups in total. The maximum Gasteiger partial charge on any atom is 0.391 e. The van der Waals surface area contributed by atoms with E-state index in [2.05, 4.69) is 0 Å². The Morgan fingerprint density at radius 2 is 1.69 bits per heavy atom. The van der Waals surface area contributed by atoms with E-state index in [1.165, 1.54) is 0 Å². The van der Waals surface area contributed by atoms with E-state index in [9.17, 15) is 18.3 Å². The molecule has 0 aliphatic heterocycles. The van der Waals surface area contributed by atoms with Gasteiger partial charge in [-0.3, -0.25) is 0 Å². The Morgan fingerprint density at radius 1 is 1.06 bits per heavy atom. The second-order valence-electron chi connectivity index (χ2n) is 4.33. The molecule has 1 aliphatic carbocycles. The number of halogens is 3. The number of ether oxygens (including phenoxy) is 1. The van der Waals surface area contributed by atoms with Gasteiger partial charge in [0.1, 0.15) is 0 Å². The van der Waals surface area contributed by atoms with Crippen molar-refractivity contribution in [1.82, 2.24) is 0 Å². The minimum atomic E-state index is -4.17. The molecule has 0 aromatic rings. The fourth-order valence-electron chi connectivity index (χ4n) is 1.95. The lowest BCUT2D eigenvalue weighted by molar-refractivity contribution is -0.155. The molecule has 1 aliphatic rings. The molecule has 0 saturated heterocycles. The van der Waals surface area contributed by atoms with Crippen LogP contribution in [0.4, 0.5) is 13.2 Å². The van der Waals surface area contributed by atoms with Crippen LogP contribution in [0.1, 0.15) is 44.9 Å². The summed E-state index contributed by atoms with van der Waals surface area (Å²) in [6, 6.07) is 0. The van der Waals surface area contributed by atoms with E-state index in [4.69, 9.17) is 4.74 Å². The highest BCUT2D eigenvalue weighted by Crippen LogP contribution is 2.23. The van der Waals surface area contributed by atoms with Crippen molar-refractivity contribution < 1.29 is 23.0 Å². The predicted octanol–water partition coefficient (Wildman–Crippen LogP) is 3.04. The average molecular weight is 240 g/mol. The summed E-state index contributed by atoms with van der Waals surface area (Å²) in [4.78, 5) is 0. The molecule has 0 aromatic carbocycles. The van der Waals surface area contributed by atoms with Crippen LogP contribution in [0.25, 0.3) is 0 Å². The summed E-state index contributed by atoms with van der Waals surface area (Å²) in [7, 11) is 0. The molecule has 2 unspecified atom stereocenters. The standard InChI is InChI=1S/C11H19F3O2/c12-11(13,14)7-8-16-10-6-4-2-1-3-5-9(10)15/h9-10,15H,1-8H2. The van der Waals surface area contributed by atoms with Gasteiger partial charge in [-0.15, -0.1) is 0 Å². The second-order valence-corrected chi connectivity index (χ2v) is 4.33. The highest BCUT2D eigenvalue weighted by atomic mass is 19.4. The van der Waals surface area contributed by atoms with E-state index in [0.717, 1.165) is 25.7 Å². The van der Waals surface area contributed by atoms with Crippen molar-refractivity contribution in [3.8, 4) is 0 Å². The zero-order valence-corrected chi connectivity index (χ0v) is 9.30. The first-order valence-corrected chi connectivity index (χ1v) is 5.85. The van der Waals surface area contributed by atoms with Gasteiger partial charge in [0.15, 0.2) is 0 Å². The first-order valence-electron chi connectivity index (χ1n) is 5.85. The van der Waals surface area contributed by atoms with E-state index in [0.29, 0.717) is 12.8 Å². The largest absolute Gasteiger partial charge is 0.391 e. The van der Waals surface area contributed by atoms with Gasteiger partial charge in [-0.25, -0.2) is 0 Å². The fraction of sp³-hybridized carbons (Fsp3) is 1.00. The number of hydrogen-bond acceptors (Lipinski definition) is 2. The molecule has 0 amide bonds. The van der Waals surface area contributed by atoms with Gasteiger partial charge in [0, 0.05) is 0 Å². The van der Waals surface area contributed by atoms with Crippen molar-refractivity contribution in [2.45, 2.75) is 63.3 Å². The summed E-state index contributed by atoms with van der Waals surface area (Å²) in [5.74, 6) is 0. The lowest BCUT2D eigenvalue weighted by Gasteiger charge is -2.25. The monoisotopic (exact) mass is 240 g/mol. The van der Waals surface area contributed by atoms with Crippen LogP contribution in [0.5, 0.6) is 0 Å². The molecular formula is C11H19F3O2. The van der Waals surface area contributed by atoms with Crippen LogP contribution in [0, 0.1) is 0 Å². The molecule has 96 valence electrons. The number of alkyl halides is 3. The maximum absolute atomic E-state index is 11.9. The zero-order chi connectivity index (χ0) is 12.0. The van der Waals surface area contributed by atoms with Gasteiger partial charge in [-0.2, -0.15) is 13.2 Å². The van der Waals surface area contributed by atoms with Gasteiger partial charge < -0.3 is 9.84 Å². The van der Waals surface area contributed by atoms with E-state index in [-0.39, 0.29) is 6.61 Å². The highest BCUT2D eigenvalue weighted by molar-refractivity contribution is 4.72. The van der Waals surface area contributed by atoms with Crippen LogP contribution in [-0.2, 0) is 4.74 Å². The molecule has 1 fully saturated rings. The Bertz CT molecular complexity index is 194. The number of rotatable bonds is 3. The van der Waals surface area contributed by atoms with Crippen LogP contribution in [0.2, 0.25) is 0 Å². The molecule has 1 rings (SSSR count). The number of aliphatic hydroxyl groups is 1. The van der Waals surface area contributed by atoms with Crippen molar-refractivity contribution in [2.24, 2.45) is 0 Å². The molecular weight excluding hydrogens is 221 g/mol. The van der Waals surface area contributed by atoms with Crippen molar-refractivity contribution in [1.29, 1.82) is 0 Å². The Kier molecular flexibility index (Phi) is 5.55. The molecule has 0 heterocycles. The van der Waals surface area contributed by atoms with E-state index in [1.807, 2.05) is 0 Å². The van der Waals surface area contributed by atoms with E-state index < -0.39 is 24.8 Å². The molecule has 0 spiro atoms. The molecule has 5 heteroatoms. The SMILES string of the molecule is OC1CCCCCCC1OCCC(F)(F)F. The normalized spacial score (nSPS) is 28.5. The van der Waals surface area contributed by atoms with Crippen molar-refractivity contribution in [3.05, 3.63) is 0 Å². The summed E-state index contributed by atoms with van der Waals surface area (Å²) in [5, 5.41) is 9.70. The van der Waals surface area contributed by atoms with Crippen LogP contribution in [0.15, 0.2) is 0 Å². The fourth-order valence-corrected chi connectivity index (χ4v) is 1.95. The first kappa shape index (κ1) is 13.8. The summed E-state index contributed by atoms with van der Waals surface area (Å²) in [6.45, 7) is -0.342. The predicted molar refractivity (Wildman–Crippen MR) is 54.1 cm³/mol. The molecule has 16 heavy (non-hydrogen) atoms. The second kappa shape index (κ2) is 6.45. The van der Waals surface area contributed by atoms with E-state index >= 15 is 0 Å². The van der Waals surface area contributed by atoms with Crippen molar-refractivity contribution in [2.75, 3.05) is 6.61 Å². The van der Waals surface area contributed by atoms with Crippen LogP contribution >= 0.6 is 0 Å².